The second kappa shape index (κ2) is 4.67. The summed E-state index contributed by atoms with van der Waals surface area (Å²) in [6, 6.07) is 5.61. The number of fused-ring (bicyclic) bond motifs is 1. The van der Waals surface area contributed by atoms with Crippen LogP contribution in [0.5, 0.6) is 0 Å². The van der Waals surface area contributed by atoms with E-state index in [-0.39, 0.29) is 22.4 Å². The SMILES string of the molecule is CC1(C)SCN2C(=S)N(c3ccc([N+](=O)[O-])cc3)C(=O)C21. The van der Waals surface area contributed by atoms with Crippen LogP contribution in [0.1, 0.15) is 13.8 Å². The fourth-order valence-electron chi connectivity index (χ4n) is 2.67. The molecule has 6 nitrogen and oxygen atoms in total. The zero-order chi connectivity index (χ0) is 15.4. The highest BCUT2D eigenvalue weighted by atomic mass is 32.2. The molecule has 3 rings (SSSR count). The molecule has 1 aromatic carbocycles. The van der Waals surface area contributed by atoms with E-state index in [1.807, 2.05) is 18.7 Å². The van der Waals surface area contributed by atoms with Crippen LogP contribution in [-0.2, 0) is 4.79 Å². The van der Waals surface area contributed by atoms with Crippen molar-refractivity contribution in [1.82, 2.24) is 4.90 Å². The average molecular weight is 323 g/mol. The zero-order valence-corrected chi connectivity index (χ0v) is 13.1. The van der Waals surface area contributed by atoms with E-state index in [9.17, 15) is 14.9 Å². The van der Waals surface area contributed by atoms with E-state index in [4.69, 9.17) is 12.2 Å². The summed E-state index contributed by atoms with van der Waals surface area (Å²) in [5.41, 5.74) is 0.568. The highest BCUT2D eigenvalue weighted by molar-refractivity contribution is 8.01. The number of thioether (sulfide) groups is 1. The van der Waals surface area contributed by atoms with Crippen LogP contribution in [0.25, 0.3) is 0 Å². The Kier molecular flexibility index (Phi) is 3.18. The highest BCUT2D eigenvalue weighted by Crippen LogP contribution is 2.44. The van der Waals surface area contributed by atoms with Crippen molar-refractivity contribution >= 4 is 46.4 Å². The maximum absolute atomic E-state index is 12.7. The zero-order valence-electron chi connectivity index (χ0n) is 11.5. The van der Waals surface area contributed by atoms with Crippen LogP contribution >= 0.6 is 24.0 Å². The molecule has 2 heterocycles. The molecule has 0 saturated carbocycles. The van der Waals surface area contributed by atoms with Gasteiger partial charge in [-0.1, -0.05) is 0 Å². The monoisotopic (exact) mass is 323 g/mol. The summed E-state index contributed by atoms with van der Waals surface area (Å²) < 4.78 is -0.198. The third-order valence-electron chi connectivity index (χ3n) is 3.76. The van der Waals surface area contributed by atoms with E-state index in [0.29, 0.717) is 16.7 Å². The normalized spacial score (nSPS) is 23.6. The largest absolute Gasteiger partial charge is 0.326 e. The second-order valence-electron chi connectivity index (χ2n) is 5.48. The standard InChI is InChI=1S/C13H13N3O3S2/c1-13(2)10-11(17)15(12(20)14(10)7-21-13)8-3-5-9(6-4-8)16(18)19/h3-6,10H,7H2,1-2H3. The molecular weight excluding hydrogens is 310 g/mol. The number of nitro groups is 1. The van der Waals surface area contributed by atoms with Crippen LogP contribution in [0.15, 0.2) is 24.3 Å². The van der Waals surface area contributed by atoms with E-state index in [0.717, 1.165) is 0 Å². The molecule has 0 aromatic heterocycles. The number of benzene rings is 1. The van der Waals surface area contributed by atoms with Gasteiger partial charge in [-0.3, -0.25) is 19.8 Å². The molecule has 8 heteroatoms. The lowest BCUT2D eigenvalue weighted by Crippen LogP contribution is -2.41. The second-order valence-corrected chi connectivity index (χ2v) is 7.44. The maximum atomic E-state index is 12.7. The predicted octanol–water partition coefficient (Wildman–Crippen LogP) is 2.38. The summed E-state index contributed by atoms with van der Waals surface area (Å²) in [6.07, 6.45) is 0. The Balaban J connectivity index is 1.95. The number of nitrogens with zero attached hydrogens (tertiary/aromatic N) is 3. The number of carbonyl (C=O) groups excluding carboxylic acids is 1. The minimum atomic E-state index is -0.466. The van der Waals surface area contributed by atoms with Crippen molar-refractivity contribution in [2.24, 2.45) is 0 Å². The van der Waals surface area contributed by atoms with Crippen LogP contribution in [0.4, 0.5) is 11.4 Å². The molecule has 2 aliphatic rings. The molecule has 0 N–H and O–H groups in total. The molecule has 0 bridgehead atoms. The number of hydrogen-bond acceptors (Lipinski definition) is 5. The molecule has 1 amide bonds. The maximum Gasteiger partial charge on any atom is 0.269 e. The number of carbonyl (C=O) groups is 1. The quantitative estimate of drug-likeness (QED) is 0.473. The Morgan fingerprint density at radius 3 is 2.52 bits per heavy atom. The first-order valence-electron chi connectivity index (χ1n) is 6.36. The molecule has 0 radical (unpaired) electrons. The first-order valence-corrected chi connectivity index (χ1v) is 7.75. The Labute approximate surface area is 131 Å². The van der Waals surface area contributed by atoms with Crippen molar-refractivity contribution in [3.63, 3.8) is 0 Å². The van der Waals surface area contributed by atoms with Crippen LogP contribution in [-0.4, -0.2) is 37.5 Å². The molecule has 0 aliphatic carbocycles. The Morgan fingerprint density at radius 1 is 1.38 bits per heavy atom. The van der Waals surface area contributed by atoms with Crippen molar-refractivity contribution < 1.29 is 9.72 Å². The highest BCUT2D eigenvalue weighted by Gasteiger charge is 2.55. The van der Waals surface area contributed by atoms with Gasteiger partial charge in [-0.15, -0.1) is 11.8 Å². The number of thiocarbonyl (C=S) groups is 1. The van der Waals surface area contributed by atoms with Crippen LogP contribution in [0.2, 0.25) is 0 Å². The molecule has 2 aliphatic heterocycles. The number of amides is 1. The Bertz CT molecular complexity index is 645. The Morgan fingerprint density at radius 2 is 2.00 bits per heavy atom. The first-order chi connectivity index (χ1) is 9.83. The summed E-state index contributed by atoms with van der Waals surface area (Å²) in [7, 11) is 0. The molecular formula is C13H13N3O3S2. The van der Waals surface area contributed by atoms with E-state index < -0.39 is 4.92 Å². The van der Waals surface area contributed by atoms with Crippen molar-refractivity contribution in [2.45, 2.75) is 24.6 Å². The van der Waals surface area contributed by atoms with Gasteiger partial charge in [0.25, 0.3) is 11.6 Å². The average Bonchev–Trinajstić information content (AvgIpc) is 2.87. The smallest absolute Gasteiger partial charge is 0.269 e. The minimum absolute atomic E-state index is 0.00676. The van der Waals surface area contributed by atoms with E-state index in [1.165, 1.54) is 17.0 Å². The first kappa shape index (κ1) is 14.3. The Hall–Kier alpha value is -1.67. The van der Waals surface area contributed by atoms with Gasteiger partial charge >= 0.3 is 0 Å². The van der Waals surface area contributed by atoms with Gasteiger partial charge in [0.15, 0.2) is 5.11 Å². The lowest BCUT2D eigenvalue weighted by Gasteiger charge is -2.23. The van der Waals surface area contributed by atoms with Gasteiger partial charge in [-0.2, -0.15) is 0 Å². The number of nitro benzene ring substituents is 1. The van der Waals surface area contributed by atoms with E-state index >= 15 is 0 Å². The third kappa shape index (κ3) is 2.09. The van der Waals surface area contributed by atoms with Gasteiger partial charge in [0.05, 0.1) is 16.5 Å². The molecule has 1 atom stereocenters. The minimum Gasteiger partial charge on any atom is -0.326 e. The molecule has 2 fully saturated rings. The van der Waals surface area contributed by atoms with Gasteiger partial charge in [0.1, 0.15) is 6.04 Å². The summed E-state index contributed by atoms with van der Waals surface area (Å²) in [5.74, 6) is 0.620. The van der Waals surface area contributed by atoms with Gasteiger partial charge in [-0.25, -0.2) is 0 Å². The summed E-state index contributed by atoms with van der Waals surface area (Å²) in [4.78, 5) is 26.3. The number of non-ortho nitro benzene ring substituents is 1. The van der Waals surface area contributed by atoms with Gasteiger partial charge in [-0.05, 0) is 38.2 Å². The summed E-state index contributed by atoms with van der Waals surface area (Å²) in [6.45, 7) is 4.06. The van der Waals surface area contributed by atoms with Crippen molar-refractivity contribution in [1.29, 1.82) is 0 Å². The van der Waals surface area contributed by atoms with Crippen LogP contribution < -0.4 is 4.90 Å². The van der Waals surface area contributed by atoms with Crippen LogP contribution in [0.3, 0.4) is 0 Å². The predicted molar refractivity (Wildman–Crippen MR) is 85.3 cm³/mol. The topological polar surface area (TPSA) is 66.7 Å². The summed E-state index contributed by atoms with van der Waals surface area (Å²) >= 11 is 7.11. The molecule has 0 spiro atoms. The number of hydrogen-bond donors (Lipinski definition) is 0. The lowest BCUT2D eigenvalue weighted by molar-refractivity contribution is -0.384. The van der Waals surface area contributed by atoms with Gasteiger partial charge in [0, 0.05) is 16.9 Å². The van der Waals surface area contributed by atoms with Gasteiger partial charge < -0.3 is 4.90 Å². The van der Waals surface area contributed by atoms with Crippen molar-refractivity contribution in [3.05, 3.63) is 34.4 Å². The molecule has 1 aromatic rings. The summed E-state index contributed by atoms with van der Waals surface area (Å²) in [5, 5.41) is 11.2. The number of anilines is 1. The van der Waals surface area contributed by atoms with Crippen molar-refractivity contribution in [3.8, 4) is 0 Å². The molecule has 2 saturated heterocycles. The molecule has 1 unspecified atom stereocenters. The molecule has 21 heavy (non-hydrogen) atoms. The van der Waals surface area contributed by atoms with Gasteiger partial charge in [0.2, 0.25) is 0 Å². The third-order valence-corrected chi connectivity index (χ3v) is 5.55. The van der Waals surface area contributed by atoms with Crippen LogP contribution in [0, 0.1) is 10.1 Å². The number of rotatable bonds is 2. The fourth-order valence-corrected chi connectivity index (χ4v) is 4.24. The van der Waals surface area contributed by atoms with E-state index in [1.54, 1.807) is 23.9 Å². The lowest BCUT2D eigenvalue weighted by atomic mass is 10.0. The fraction of sp³-hybridized carbons (Fsp3) is 0.385. The van der Waals surface area contributed by atoms with Crippen molar-refractivity contribution in [2.75, 3.05) is 10.8 Å². The molecule has 110 valence electrons. The van der Waals surface area contributed by atoms with E-state index in [2.05, 4.69) is 0 Å².